The van der Waals surface area contributed by atoms with Crippen molar-refractivity contribution in [3.63, 3.8) is 0 Å². The predicted molar refractivity (Wildman–Crippen MR) is 126 cm³/mol. The number of ether oxygens (including phenoxy) is 2. The van der Waals surface area contributed by atoms with Gasteiger partial charge in [0, 0.05) is 19.8 Å². The first kappa shape index (κ1) is 24.7. The molecule has 186 valence electrons. The molecule has 4 nitrogen and oxygen atoms in total. The summed E-state index contributed by atoms with van der Waals surface area (Å²) in [6, 6.07) is 0. The zero-order chi connectivity index (χ0) is 24.0. The van der Waals surface area contributed by atoms with E-state index in [2.05, 4.69) is 20.8 Å². The Hall–Kier alpha value is -1.39. The van der Waals surface area contributed by atoms with Crippen LogP contribution in [0.4, 0.5) is 4.39 Å². The summed E-state index contributed by atoms with van der Waals surface area (Å²) in [6.45, 7) is 8.63. The number of carbonyl (C=O) groups excluding carboxylic acids is 2. The summed E-state index contributed by atoms with van der Waals surface area (Å²) >= 11 is 0. The van der Waals surface area contributed by atoms with Crippen LogP contribution in [0.25, 0.3) is 0 Å². The highest BCUT2D eigenvalue weighted by molar-refractivity contribution is 5.69. The van der Waals surface area contributed by atoms with Crippen LogP contribution in [0.1, 0.15) is 98.3 Å². The minimum atomic E-state index is -0.220. The van der Waals surface area contributed by atoms with Crippen LogP contribution in [0.3, 0.4) is 0 Å². The summed E-state index contributed by atoms with van der Waals surface area (Å²) in [5.41, 5.74) is 1.44. The van der Waals surface area contributed by atoms with E-state index < -0.39 is 0 Å². The van der Waals surface area contributed by atoms with Gasteiger partial charge in [-0.3, -0.25) is 9.59 Å². The molecule has 4 aliphatic rings. The number of halogens is 1. The normalized spacial score (nSPS) is 41.0. The second-order valence-corrected chi connectivity index (χ2v) is 12.1. The summed E-state index contributed by atoms with van der Waals surface area (Å²) in [4.78, 5) is 23.0. The zero-order valence-electron chi connectivity index (χ0n) is 21.3. The van der Waals surface area contributed by atoms with Crippen LogP contribution in [0.5, 0.6) is 0 Å². The van der Waals surface area contributed by atoms with Crippen LogP contribution in [0.15, 0.2) is 11.4 Å². The monoisotopic (exact) mass is 462 g/mol. The van der Waals surface area contributed by atoms with Gasteiger partial charge in [0.1, 0.15) is 11.9 Å². The van der Waals surface area contributed by atoms with Crippen molar-refractivity contribution in [3.05, 3.63) is 11.4 Å². The molecule has 5 heteroatoms. The van der Waals surface area contributed by atoms with Crippen LogP contribution in [-0.2, 0) is 19.1 Å². The number of methoxy groups -OCH3 is 1. The van der Waals surface area contributed by atoms with Crippen molar-refractivity contribution in [2.24, 2.45) is 40.4 Å². The van der Waals surface area contributed by atoms with Gasteiger partial charge in [-0.1, -0.05) is 20.8 Å². The average Bonchev–Trinajstić information content (AvgIpc) is 3.11. The fourth-order valence-corrected chi connectivity index (χ4v) is 8.69. The molecule has 0 spiro atoms. The molecule has 0 unspecified atom stereocenters. The number of esters is 2. The molecular formula is C28H43FO4. The fourth-order valence-electron chi connectivity index (χ4n) is 8.69. The molecule has 33 heavy (non-hydrogen) atoms. The van der Waals surface area contributed by atoms with Crippen LogP contribution >= 0.6 is 0 Å². The van der Waals surface area contributed by atoms with Crippen molar-refractivity contribution < 1.29 is 23.5 Å². The van der Waals surface area contributed by atoms with Crippen molar-refractivity contribution in [1.29, 1.82) is 0 Å². The number of fused-ring (bicyclic) bond motifs is 5. The summed E-state index contributed by atoms with van der Waals surface area (Å²) in [5, 5.41) is 0. The standard InChI is InChI=1S/C28H43FO4/c1-17(7-6-8-25(31)32-5)21-9-10-22-26-23(12-14-28(21,22)4)27(3)13-11-20(33-18(2)30)15-19(27)16-24(26)29/h17,19-23H,6-16H2,1-5H3/t17-,19-,20+,21-,22+,23+,27+,28-/m1/s1. The highest BCUT2D eigenvalue weighted by Gasteiger charge is 2.60. The predicted octanol–water partition coefficient (Wildman–Crippen LogP) is 6.77. The Balaban J connectivity index is 1.50. The molecule has 0 N–H and O–H groups in total. The summed E-state index contributed by atoms with van der Waals surface area (Å²) in [5.74, 6) is 1.89. The minimum Gasteiger partial charge on any atom is -0.469 e. The second kappa shape index (κ2) is 9.34. The summed E-state index contributed by atoms with van der Waals surface area (Å²) < 4.78 is 26.2. The molecule has 3 saturated carbocycles. The van der Waals surface area contributed by atoms with Gasteiger partial charge in [-0.2, -0.15) is 0 Å². The van der Waals surface area contributed by atoms with E-state index in [0.717, 1.165) is 50.5 Å². The topological polar surface area (TPSA) is 52.6 Å². The second-order valence-electron chi connectivity index (χ2n) is 12.1. The Labute approximate surface area is 199 Å². The summed E-state index contributed by atoms with van der Waals surface area (Å²) in [6.07, 6.45) is 10.1. The van der Waals surface area contributed by atoms with Crippen molar-refractivity contribution >= 4 is 11.9 Å². The molecule has 0 bridgehead atoms. The van der Waals surface area contributed by atoms with Crippen molar-refractivity contribution in [2.75, 3.05) is 7.11 Å². The van der Waals surface area contributed by atoms with Crippen molar-refractivity contribution in [2.45, 2.75) is 104 Å². The Bertz CT molecular complexity index is 806. The minimum absolute atomic E-state index is 0.0505. The number of carbonyl (C=O) groups is 2. The van der Waals surface area contributed by atoms with Crippen LogP contribution in [0, 0.1) is 40.4 Å². The molecular weight excluding hydrogens is 419 g/mol. The van der Waals surface area contributed by atoms with Gasteiger partial charge in [-0.25, -0.2) is 4.39 Å². The summed E-state index contributed by atoms with van der Waals surface area (Å²) in [7, 11) is 1.45. The lowest BCUT2D eigenvalue weighted by Crippen LogP contribution is -2.51. The van der Waals surface area contributed by atoms with Gasteiger partial charge < -0.3 is 9.47 Å². The third kappa shape index (κ3) is 4.38. The van der Waals surface area contributed by atoms with Gasteiger partial charge in [0.15, 0.2) is 0 Å². The lowest BCUT2D eigenvalue weighted by atomic mass is 9.47. The van der Waals surface area contributed by atoms with Crippen LogP contribution in [0.2, 0.25) is 0 Å². The Morgan fingerprint density at radius 3 is 2.48 bits per heavy atom. The van der Waals surface area contributed by atoms with E-state index in [4.69, 9.17) is 9.47 Å². The van der Waals surface area contributed by atoms with E-state index in [1.165, 1.54) is 26.9 Å². The lowest BCUT2D eigenvalue weighted by Gasteiger charge is -2.58. The van der Waals surface area contributed by atoms with Crippen LogP contribution < -0.4 is 0 Å². The van der Waals surface area contributed by atoms with E-state index in [-0.39, 0.29) is 40.6 Å². The molecule has 0 heterocycles. The number of rotatable bonds is 6. The first-order chi connectivity index (χ1) is 15.6. The first-order valence-electron chi connectivity index (χ1n) is 13.2. The largest absolute Gasteiger partial charge is 0.469 e. The first-order valence-corrected chi connectivity index (χ1v) is 13.2. The fraction of sp³-hybridized carbons (Fsp3) is 0.857. The van der Waals surface area contributed by atoms with E-state index in [9.17, 15) is 9.59 Å². The van der Waals surface area contributed by atoms with E-state index in [1.54, 1.807) is 0 Å². The van der Waals surface area contributed by atoms with Crippen molar-refractivity contribution in [1.82, 2.24) is 0 Å². The van der Waals surface area contributed by atoms with E-state index in [0.29, 0.717) is 36.5 Å². The highest BCUT2D eigenvalue weighted by atomic mass is 19.1. The van der Waals surface area contributed by atoms with Gasteiger partial charge in [-0.15, -0.1) is 0 Å². The van der Waals surface area contributed by atoms with Gasteiger partial charge in [0.05, 0.1) is 7.11 Å². The average molecular weight is 463 g/mol. The number of hydrogen-bond acceptors (Lipinski definition) is 4. The molecule has 0 radical (unpaired) electrons. The maximum Gasteiger partial charge on any atom is 0.305 e. The third-order valence-electron chi connectivity index (χ3n) is 10.4. The molecule has 4 aliphatic carbocycles. The Morgan fingerprint density at radius 1 is 1.09 bits per heavy atom. The SMILES string of the molecule is COC(=O)CCC[C@@H](C)[C@H]1CC[C@H]2C3=C(F)C[C@H]4C[C@@H](OC(C)=O)CC[C@]4(C)[C@H]3CC[C@]12C. The molecule has 3 fully saturated rings. The number of allylic oxidation sites excluding steroid dienone is 2. The maximum absolute atomic E-state index is 15.8. The molecule has 0 aromatic carbocycles. The zero-order valence-corrected chi connectivity index (χ0v) is 21.3. The highest BCUT2D eigenvalue weighted by Crippen LogP contribution is 2.68. The lowest BCUT2D eigenvalue weighted by molar-refractivity contribution is -0.152. The van der Waals surface area contributed by atoms with Crippen molar-refractivity contribution in [3.8, 4) is 0 Å². The van der Waals surface area contributed by atoms with Gasteiger partial charge in [0.25, 0.3) is 0 Å². The smallest absolute Gasteiger partial charge is 0.305 e. The Morgan fingerprint density at radius 2 is 1.79 bits per heavy atom. The molecule has 0 aromatic heterocycles. The van der Waals surface area contributed by atoms with Crippen LogP contribution in [-0.4, -0.2) is 25.2 Å². The maximum atomic E-state index is 15.8. The van der Waals surface area contributed by atoms with E-state index in [1.807, 2.05) is 0 Å². The third-order valence-corrected chi connectivity index (χ3v) is 10.4. The van der Waals surface area contributed by atoms with Gasteiger partial charge in [0.2, 0.25) is 0 Å². The molecule has 0 amide bonds. The molecule has 4 rings (SSSR count). The molecule has 0 saturated heterocycles. The van der Waals surface area contributed by atoms with E-state index >= 15 is 4.39 Å². The molecule has 0 aromatic rings. The molecule has 8 atom stereocenters. The molecule has 0 aliphatic heterocycles. The quantitative estimate of drug-likeness (QED) is 0.409. The van der Waals surface area contributed by atoms with Gasteiger partial charge in [-0.05, 0) is 104 Å². The number of hydrogen-bond donors (Lipinski definition) is 0. The Kier molecular flexibility index (Phi) is 7.00. The van der Waals surface area contributed by atoms with Gasteiger partial charge >= 0.3 is 11.9 Å².